The molecule has 0 aliphatic rings. The fourth-order valence-electron chi connectivity index (χ4n) is 3.61. The van der Waals surface area contributed by atoms with E-state index in [1.165, 1.54) is 35.4 Å². The lowest BCUT2D eigenvalue weighted by Crippen LogP contribution is -2.36. The second kappa shape index (κ2) is 9.13. The van der Waals surface area contributed by atoms with Crippen LogP contribution >= 0.6 is 22.9 Å². The van der Waals surface area contributed by atoms with Crippen molar-refractivity contribution >= 4 is 39.9 Å². The summed E-state index contributed by atoms with van der Waals surface area (Å²) in [6.07, 6.45) is -5.15. The average Bonchev–Trinajstić information content (AvgIpc) is 3.31. The van der Waals surface area contributed by atoms with Crippen molar-refractivity contribution in [3.8, 4) is 17.0 Å². The Morgan fingerprint density at radius 1 is 1.25 bits per heavy atom. The number of furan rings is 1. The number of amides is 1. The Morgan fingerprint density at radius 3 is 2.58 bits per heavy atom. The standard InChI is InChI=1S/C22H17ClF3N4O5S/c1-10-12(17-18(32)29(3)21(33)30(4)19(17)34-10)8-16(31)27-20-28(2)14(9-36-20)11-5-6-15(13(23)7-11)35-22(24,25)26/h5-7,9H,2,8H2,1,3-4H3/b27-20-. The molecule has 0 spiro atoms. The number of carbonyl (C=O) groups excluding carboxylic acids is 1. The number of alkyl halides is 3. The van der Waals surface area contributed by atoms with Gasteiger partial charge in [-0.05, 0) is 25.1 Å². The number of carbonyl (C=O) groups is 1. The number of ether oxygens (including phenoxy) is 1. The van der Waals surface area contributed by atoms with Gasteiger partial charge in [0.05, 0.1) is 17.1 Å². The number of fused-ring (bicyclic) bond motifs is 1. The highest BCUT2D eigenvalue weighted by molar-refractivity contribution is 7.07. The summed E-state index contributed by atoms with van der Waals surface area (Å²) in [7, 11) is 6.63. The fraction of sp³-hybridized carbons (Fsp3) is 0.227. The summed E-state index contributed by atoms with van der Waals surface area (Å²) < 4.78 is 50.3. The second-order valence-electron chi connectivity index (χ2n) is 7.73. The molecule has 1 amide bonds. The minimum Gasteiger partial charge on any atom is -0.444 e. The Balaban J connectivity index is 1.67. The highest BCUT2D eigenvalue weighted by atomic mass is 35.5. The quantitative estimate of drug-likeness (QED) is 0.393. The maximum Gasteiger partial charge on any atom is 0.573 e. The lowest BCUT2D eigenvalue weighted by atomic mass is 10.1. The number of rotatable bonds is 4. The third-order valence-electron chi connectivity index (χ3n) is 5.39. The Kier molecular flexibility index (Phi) is 6.47. The van der Waals surface area contributed by atoms with Crippen LogP contribution in [0.4, 0.5) is 13.2 Å². The van der Waals surface area contributed by atoms with Gasteiger partial charge >= 0.3 is 12.1 Å². The molecule has 36 heavy (non-hydrogen) atoms. The molecule has 0 atom stereocenters. The van der Waals surface area contributed by atoms with E-state index in [1.54, 1.807) is 12.3 Å². The molecule has 0 saturated heterocycles. The number of hydrogen-bond acceptors (Lipinski definition) is 6. The van der Waals surface area contributed by atoms with Gasteiger partial charge in [0, 0.05) is 37.6 Å². The molecule has 1 aromatic carbocycles. The molecule has 4 aromatic rings. The molecule has 14 heteroatoms. The third kappa shape index (κ3) is 4.63. The Bertz CT molecular complexity index is 1710. The van der Waals surface area contributed by atoms with E-state index in [0.717, 1.165) is 22.0 Å². The molecule has 0 aliphatic carbocycles. The van der Waals surface area contributed by atoms with E-state index in [2.05, 4.69) is 16.8 Å². The zero-order valence-electron chi connectivity index (χ0n) is 19.0. The molecule has 0 fully saturated rings. The van der Waals surface area contributed by atoms with Crippen molar-refractivity contribution in [2.45, 2.75) is 19.7 Å². The summed E-state index contributed by atoms with van der Waals surface area (Å²) in [5.41, 5.74) is 0.0918. The van der Waals surface area contributed by atoms with Gasteiger partial charge < -0.3 is 13.7 Å². The molecule has 3 heterocycles. The molecule has 0 unspecified atom stereocenters. The van der Waals surface area contributed by atoms with E-state index in [1.807, 2.05) is 0 Å². The number of benzene rings is 1. The van der Waals surface area contributed by atoms with Crippen LogP contribution in [0.1, 0.15) is 11.3 Å². The first-order valence-corrected chi connectivity index (χ1v) is 11.4. The maximum atomic E-state index is 12.8. The van der Waals surface area contributed by atoms with Crippen molar-refractivity contribution in [2.24, 2.45) is 19.1 Å². The van der Waals surface area contributed by atoms with E-state index in [4.69, 9.17) is 16.0 Å². The van der Waals surface area contributed by atoms with Crippen LogP contribution in [0.15, 0.2) is 42.6 Å². The van der Waals surface area contributed by atoms with Crippen LogP contribution in [-0.2, 0) is 25.3 Å². The predicted octanol–water partition coefficient (Wildman–Crippen LogP) is 3.53. The van der Waals surface area contributed by atoms with Crippen molar-refractivity contribution in [2.75, 3.05) is 0 Å². The Morgan fingerprint density at radius 2 is 1.94 bits per heavy atom. The van der Waals surface area contributed by atoms with Crippen molar-refractivity contribution in [1.29, 1.82) is 0 Å². The number of halogens is 4. The van der Waals surface area contributed by atoms with Crippen LogP contribution in [0, 0.1) is 14.0 Å². The third-order valence-corrected chi connectivity index (χ3v) is 6.55. The van der Waals surface area contributed by atoms with Crippen LogP contribution < -0.4 is 20.8 Å². The van der Waals surface area contributed by atoms with Crippen LogP contribution in [0.5, 0.6) is 5.75 Å². The lowest BCUT2D eigenvalue weighted by Gasteiger charge is -2.11. The molecule has 4 rings (SSSR count). The SMILES string of the molecule is [CH2]n1c(-c2ccc(OC(F)(F)F)c(Cl)c2)cs/c1=N\C(=O)Cc1c(C)oc2c1c(=O)n(C)c(=O)n2C. The summed E-state index contributed by atoms with van der Waals surface area (Å²) in [6.45, 7) is 1.58. The van der Waals surface area contributed by atoms with E-state index >= 15 is 0 Å². The molecule has 3 aromatic heterocycles. The topological polar surface area (TPSA) is 101 Å². The lowest BCUT2D eigenvalue weighted by molar-refractivity contribution is -0.274. The summed E-state index contributed by atoms with van der Waals surface area (Å²) in [5.74, 6) is -0.850. The molecule has 0 aliphatic heterocycles. The van der Waals surface area contributed by atoms with Gasteiger partial charge in [-0.2, -0.15) is 4.99 Å². The van der Waals surface area contributed by atoms with Gasteiger partial charge in [-0.3, -0.25) is 18.7 Å². The summed E-state index contributed by atoms with van der Waals surface area (Å²) in [5, 5.41) is 1.47. The van der Waals surface area contributed by atoms with Crippen molar-refractivity contribution in [3.05, 3.63) is 72.6 Å². The van der Waals surface area contributed by atoms with Crippen molar-refractivity contribution in [1.82, 2.24) is 13.7 Å². The van der Waals surface area contributed by atoms with Crippen LogP contribution in [0.2, 0.25) is 5.02 Å². The summed E-state index contributed by atoms with van der Waals surface area (Å²) in [6, 6.07) is 3.72. The van der Waals surface area contributed by atoms with Gasteiger partial charge in [0.25, 0.3) is 11.5 Å². The smallest absolute Gasteiger partial charge is 0.444 e. The van der Waals surface area contributed by atoms with E-state index in [-0.39, 0.29) is 27.3 Å². The van der Waals surface area contributed by atoms with Crippen molar-refractivity contribution < 1.29 is 27.1 Å². The first-order chi connectivity index (χ1) is 16.8. The summed E-state index contributed by atoms with van der Waals surface area (Å²) in [4.78, 5) is 41.9. The fourth-order valence-corrected chi connectivity index (χ4v) is 4.69. The Labute approximate surface area is 209 Å². The normalized spacial score (nSPS) is 12.5. The predicted molar refractivity (Wildman–Crippen MR) is 126 cm³/mol. The molecule has 0 saturated carbocycles. The number of nitrogens with zero attached hydrogens (tertiary/aromatic N) is 4. The van der Waals surface area contributed by atoms with Gasteiger partial charge in [-0.25, -0.2) is 4.79 Å². The molecule has 0 bridgehead atoms. The monoisotopic (exact) mass is 541 g/mol. The Hall–Kier alpha value is -3.58. The van der Waals surface area contributed by atoms with E-state index in [0.29, 0.717) is 22.6 Å². The van der Waals surface area contributed by atoms with Gasteiger partial charge in [0.2, 0.25) is 5.71 Å². The van der Waals surface area contributed by atoms with Crippen LogP contribution in [0.3, 0.4) is 0 Å². The second-order valence-corrected chi connectivity index (χ2v) is 8.97. The van der Waals surface area contributed by atoms with E-state index < -0.39 is 29.3 Å². The largest absolute Gasteiger partial charge is 0.573 e. The number of thiazole rings is 1. The highest BCUT2D eigenvalue weighted by Gasteiger charge is 2.32. The molecule has 189 valence electrons. The minimum atomic E-state index is -4.89. The van der Waals surface area contributed by atoms with Crippen LogP contribution in [0.25, 0.3) is 22.4 Å². The highest BCUT2D eigenvalue weighted by Crippen LogP contribution is 2.33. The van der Waals surface area contributed by atoms with Gasteiger partial charge in [-0.1, -0.05) is 11.6 Å². The van der Waals surface area contributed by atoms with Crippen LogP contribution in [-0.4, -0.2) is 26.0 Å². The number of hydrogen-bond donors (Lipinski definition) is 0. The average molecular weight is 542 g/mol. The van der Waals surface area contributed by atoms with E-state index in [9.17, 15) is 27.6 Å². The zero-order chi connectivity index (χ0) is 26.5. The minimum absolute atomic E-state index is 0.0591. The molecule has 9 nitrogen and oxygen atoms in total. The molecule has 1 radical (unpaired) electrons. The first kappa shape index (κ1) is 25.5. The molecular formula is C22H17ClF3N4O5S. The summed E-state index contributed by atoms with van der Waals surface area (Å²) >= 11 is 7.00. The molecular weight excluding hydrogens is 525 g/mol. The van der Waals surface area contributed by atoms with Gasteiger partial charge in [0.1, 0.15) is 16.9 Å². The molecule has 0 N–H and O–H groups in total. The van der Waals surface area contributed by atoms with Gasteiger partial charge in [-0.15, -0.1) is 24.5 Å². The maximum absolute atomic E-state index is 12.8. The van der Waals surface area contributed by atoms with Crippen molar-refractivity contribution in [3.63, 3.8) is 0 Å². The number of aromatic nitrogens is 3. The number of aryl methyl sites for hydroxylation is 2. The van der Waals surface area contributed by atoms with Gasteiger partial charge in [0.15, 0.2) is 4.80 Å². The zero-order valence-corrected chi connectivity index (χ0v) is 20.5. The first-order valence-electron chi connectivity index (χ1n) is 10.1.